The molecule has 5 heteroatoms. The molecule has 0 aliphatic heterocycles. The van der Waals surface area contributed by atoms with Crippen LogP contribution in [0.25, 0.3) is 0 Å². The predicted molar refractivity (Wildman–Crippen MR) is 77.0 cm³/mol. The van der Waals surface area contributed by atoms with E-state index >= 15 is 0 Å². The van der Waals surface area contributed by atoms with Gasteiger partial charge >= 0.3 is 0 Å². The van der Waals surface area contributed by atoms with E-state index in [0.717, 1.165) is 19.3 Å². The number of amides is 2. The monoisotopic (exact) mass is 275 g/mol. The van der Waals surface area contributed by atoms with Gasteiger partial charge in [0, 0.05) is 7.05 Å². The van der Waals surface area contributed by atoms with Gasteiger partial charge in [0.15, 0.2) is 0 Å². The largest absolute Gasteiger partial charge is 0.346 e. The number of carbonyl (C=O) groups is 2. The van der Waals surface area contributed by atoms with Crippen LogP contribution < -0.4 is 11.1 Å². The summed E-state index contributed by atoms with van der Waals surface area (Å²) in [6.07, 6.45) is 3.11. The SMILES string of the molecule is CN(C(=O)CNC(=O)CN)C1CCCc2ccccc21. The van der Waals surface area contributed by atoms with E-state index in [2.05, 4.69) is 17.4 Å². The molecule has 0 saturated carbocycles. The maximum absolute atomic E-state index is 12.1. The standard InChI is InChI=1S/C15H21N3O2/c1-18(15(20)10-17-14(19)9-16)13-8-4-6-11-5-2-3-7-12(11)13/h2-3,5,7,13H,4,6,8-10,16H2,1H3,(H,17,19). The molecular formula is C15H21N3O2. The minimum atomic E-state index is -0.309. The number of rotatable bonds is 4. The Kier molecular flexibility index (Phi) is 4.74. The van der Waals surface area contributed by atoms with E-state index < -0.39 is 0 Å². The summed E-state index contributed by atoms with van der Waals surface area (Å²) in [6, 6.07) is 8.34. The van der Waals surface area contributed by atoms with Crippen LogP contribution in [0.15, 0.2) is 24.3 Å². The van der Waals surface area contributed by atoms with Crippen molar-refractivity contribution in [2.24, 2.45) is 5.73 Å². The van der Waals surface area contributed by atoms with Gasteiger partial charge < -0.3 is 16.0 Å². The van der Waals surface area contributed by atoms with Gasteiger partial charge in [-0.25, -0.2) is 0 Å². The number of carbonyl (C=O) groups excluding carboxylic acids is 2. The highest BCUT2D eigenvalue weighted by Crippen LogP contribution is 2.33. The number of aryl methyl sites for hydroxylation is 1. The van der Waals surface area contributed by atoms with Gasteiger partial charge in [-0.1, -0.05) is 24.3 Å². The fraction of sp³-hybridized carbons (Fsp3) is 0.467. The summed E-state index contributed by atoms with van der Waals surface area (Å²) < 4.78 is 0. The van der Waals surface area contributed by atoms with Crippen LogP contribution in [0.1, 0.15) is 30.0 Å². The number of nitrogens with one attached hydrogen (secondary N) is 1. The van der Waals surface area contributed by atoms with E-state index in [9.17, 15) is 9.59 Å². The van der Waals surface area contributed by atoms with Gasteiger partial charge in [0.2, 0.25) is 11.8 Å². The number of nitrogens with two attached hydrogens (primary N) is 1. The molecule has 5 nitrogen and oxygen atoms in total. The highest BCUT2D eigenvalue weighted by Gasteiger charge is 2.26. The van der Waals surface area contributed by atoms with Crippen molar-refractivity contribution in [2.45, 2.75) is 25.3 Å². The third kappa shape index (κ3) is 3.17. The summed E-state index contributed by atoms with van der Waals surface area (Å²) in [5, 5.41) is 2.52. The van der Waals surface area contributed by atoms with Gasteiger partial charge in [0.1, 0.15) is 0 Å². The lowest BCUT2D eigenvalue weighted by atomic mass is 9.87. The van der Waals surface area contributed by atoms with Gasteiger partial charge in [0.05, 0.1) is 19.1 Å². The first-order valence-electron chi connectivity index (χ1n) is 6.93. The van der Waals surface area contributed by atoms with Gasteiger partial charge in [-0.3, -0.25) is 9.59 Å². The molecular weight excluding hydrogens is 254 g/mol. The first kappa shape index (κ1) is 14.5. The van der Waals surface area contributed by atoms with E-state index in [-0.39, 0.29) is 30.9 Å². The lowest BCUT2D eigenvalue weighted by molar-refractivity contribution is -0.133. The molecule has 20 heavy (non-hydrogen) atoms. The zero-order valence-electron chi connectivity index (χ0n) is 11.8. The van der Waals surface area contributed by atoms with Crippen molar-refractivity contribution in [3.05, 3.63) is 35.4 Å². The Balaban J connectivity index is 2.04. The molecule has 1 unspecified atom stereocenters. The molecule has 3 N–H and O–H groups in total. The summed E-state index contributed by atoms with van der Waals surface area (Å²) in [5.74, 6) is -0.399. The third-order valence-corrected chi connectivity index (χ3v) is 3.82. The van der Waals surface area contributed by atoms with Crippen molar-refractivity contribution < 1.29 is 9.59 Å². The second-order valence-electron chi connectivity index (χ2n) is 5.09. The van der Waals surface area contributed by atoms with Crippen LogP contribution in [0.5, 0.6) is 0 Å². The van der Waals surface area contributed by atoms with E-state index in [1.54, 1.807) is 11.9 Å². The van der Waals surface area contributed by atoms with Crippen LogP contribution in [-0.4, -0.2) is 36.9 Å². The van der Waals surface area contributed by atoms with Crippen LogP contribution in [0.4, 0.5) is 0 Å². The quantitative estimate of drug-likeness (QED) is 0.845. The lowest BCUT2D eigenvalue weighted by Crippen LogP contribution is -2.42. The van der Waals surface area contributed by atoms with E-state index in [1.165, 1.54) is 11.1 Å². The van der Waals surface area contributed by atoms with Crippen molar-refractivity contribution >= 4 is 11.8 Å². The van der Waals surface area contributed by atoms with Crippen molar-refractivity contribution in [2.75, 3.05) is 20.1 Å². The molecule has 0 fully saturated rings. The van der Waals surface area contributed by atoms with E-state index in [0.29, 0.717) is 0 Å². The number of nitrogens with zero attached hydrogens (tertiary/aromatic N) is 1. The first-order valence-corrected chi connectivity index (χ1v) is 6.93. The van der Waals surface area contributed by atoms with E-state index in [1.807, 2.05) is 12.1 Å². The van der Waals surface area contributed by atoms with Gasteiger partial charge in [0.25, 0.3) is 0 Å². The summed E-state index contributed by atoms with van der Waals surface area (Å²) >= 11 is 0. The summed E-state index contributed by atoms with van der Waals surface area (Å²) in [6.45, 7) is -0.0888. The summed E-state index contributed by atoms with van der Waals surface area (Å²) in [7, 11) is 1.80. The van der Waals surface area contributed by atoms with Crippen molar-refractivity contribution in [3.63, 3.8) is 0 Å². The Labute approximate surface area is 119 Å². The van der Waals surface area contributed by atoms with Crippen molar-refractivity contribution in [1.82, 2.24) is 10.2 Å². The Hall–Kier alpha value is -1.88. The molecule has 1 atom stereocenters. The minimum Gasteiger partial charge on any atom is -0.346 e. The van der Waals surface area contributed by atoms with E-state index in [4.69, 9.17) is 5.73 Å². The lowest BCUT2D eigenvalue weighted by Gasteiger charge is -2.33. The molecule has 2 rings (SSSR count). The van der Waals surface area contributed by atoms with Crippen LogP contribution in [0.2, 0.25) is 0 Å². The van der Waals surface area contributed by atoms with Crippen LogP contribution in [-0.2, 0) is 16.0 Å². The van der Waals surface area contributed by atoms with Crippen molar-refractivity contribution in [1.29, 1.82) is 0 Å². The molecule has 0 bridgehead atoms. The number of hydrogen-bond donors (Lipinski definition) is 2. The number of likely N-dealkylation sites (N-methyl/N-ethyl adjacent to an activating group) is 1. The van der Waals surface area contributed by atoms with Gasteiger partial charge in [-0.05, 0) is 30.4 Å². The number of fused-ring (bicyclic) bond motifs is 1. The molecule has 1 aromatic rings. The molecule has 1 aliphatic rings. The molecule has 2 amide bonds. The molecule has 0 radical (unpaired) electrons. The molecule has 1 aromatic carbocycles. The Morgan fingerprint density at radius 3 is 2.90 bits per heavy atom. The van der Waals surface area contributed by atoms with Gasteiger partial charge in [-0.2, -0.15) is 0 Å². The normalized spacial score (nSPS) is 17.2. The van der Waals surface area contributed by atoms with Gasteiger partial charge in [-0.15, -0.1) is 0 Å². The first-order chi connectivity index (χ1) is 9.63. The predicted octanol–water partition coefficient (Wildman–Crippen LogP) is 0.597. The van der Waals surface area contributed by atoms with Crippen LogP contribution in [0.3, 0.4) is 0 Å². The Morgan fingerprint density at radius 2 is 2.15 bits per heavy atom. The second-order valence-corrected chi connectivity index (χ2v) is 5.09. The molecule has 0 spiro atoms. The molecule has 0 saturated heterocycles. The highest BCUT2D eigenvalue weighted by molar-refractivity contribution is 5.85. The zero-order chi connectivity index (χ0) is 14.5. The Morgan fingerprint density at radius 1 is 1.40 bits per heavy atom. The topological polar surface area (TPSA) is 75.4 Å². The summed E-state index contributed by atoms with van der Waals surface area (Å²) in [4.78, 5) is 25.0. The fourth-order valence-electron chi connectivity index (χ4n) is 2.68. The average molecular weight is 275 g/mol. The molecule has 1 aliphatic carbocycles. The third-order valence-electron chi connectivity index (χ3n) is 3.82. The van der Waals surface area contributed by atoms with Crippen LogP contribution in [0, 0.1) is 0 Å². The fourth-order valence-corrected chi connectivity index (χ4v) is 2.68. The van der Waals surface area contributed by atoms with Crippen molar-refractivity contribution in [3.8, 4) is 0 Å². The zero-order valence-corrected chi connectivity index (χ0v) is 11.8. The maximum atomic E-state index is 12.1. The number of hydrogen-bond acceptors (Lipinski definition) is 3. The highest BCUT2D eigenvalue weighted by atomic mass is 16.2. The smallest absolute Gasteiger partial charge is 0.242 e. The molecule has 0 heterocycles. The maximum Gasteiger partial charge on any atom is 0.242 e. The Bertz CT molecular complexity index is 502. The second kappa shape index (κ2) is 6.52. The molecule has 0 aromatic heterocycles. The minimum absolute atomic E-state index is 0.00516. The van der Waals surface area contributed by atoms with Crippen LogP contribution >= 0.6 is 0 Å². The number of benzene rings is 1. The molecule has 108 valence electrons. The summed E-state index contributed by atoms with van der Waals surface area (Å²) in [5.41, 5.74) is 7.74. The average Bonchev–Trinajstić information content (AvgIpc) is 2.50.